The van der Waals surface area contributed by atoms with Crippen LogP contribution in [0.2, 0.25) is 0 Å². The summed E-state index contributed by atoms with van der Waals surface area (Å²) in [7, 11) is -3.51. The molecule has 2 N–H and O–H groups in total. The van der Waals surface area contributed by atoms with Crippen LogP contribution >= 0.6 is 0 Å². The van der Waals surface area contributed by atoms with Crippen molar-refractivity contribution in [3.05, 3.63) is 11.8 Å². The average molecular weight is 229 g/mol. The van der Waals surface area contributed by atoms with Crippen LogP contribution in [0.25, 0.3) is 0 Å². The molecule has 5 nitrogen and oxygen atoms in total. The fourth-order valence-corrected chi connectivity index (χ4v) is 3.69. The van der Waals surface area contributed by atoms with Gasteiger partial charge in [0, 0.05) is 17.8 Å². The molecule has 0 bridgehead atoms. The monoisotopic (exact) mass is 229 g/mol. The van der Waals surface area contributed by atoms with Crippen molar-refractivity contribution in [2.24, 2.45) is 0 Å². The van der Waals surface area contributed by atoms with Gasteiger partial charge in [-0.05, 0) is 19.8 Å². The zero-order valence-corrected chi connectivity index (χ0v) is 9.47. The van der Waals surface area contributed by atoms with Gasteiger partial charge in [-0.1, -0.05) is 12.8 Å². The number of hydrogen-bond donors (Lipinski definition) is 2. The Balaban J connectivity index is 2.33. The Bertz CT molecular complexity index is 407. The highest BCUT2D eigenvalue weighted by atomic mass is 32.2. The Morgan fingerprint density at radius 1 is 1.47 bits per heavy atom. The van der Waals surface area contributed by atoms with Gasteiger partial charge < -0.3 is 0 Å². The van der Waals surface area contributed by atoms with E-state index in [4.69, 9.17) is 5.41 Å². The van der Waals surface area contributed by atoms with E-state index >= 15 is 0 Å². The molecule has 0 aromatic carbocycles. The quantitative estimate of drug-likeness (QED) is 0.703. The van der Waals surface area contributed by atoms with Gasteiger partial charge in [-0.25, -0.2) is 4.31 Å². The van der Waals surface area contributed by atoms with Gasteiger partial charge in [-0.2, -0.15) is 8.42 Å². The summed E-state index contributed by atoms with van der Waals surface area (Å²) >= 11 is 0. The predicted molar refractivity (Wildman–Crippen MR) is 57.6 cm³/mol. The fourth-order valence-electron chi connectivity index (χ4n) is 2.21. The van der Waals surface area contributed by atoms with Gasteiger partial charge in [-0.15, -0.1) is 0 Å². The second-order valence-electron chi connectivity index (χ2n) is 4.05. The van der Waals surface area contributed by atoms with E-state index in [9.17, 15) is 8.42 Å². The van der Waals surface area contributed by atoms with E-state index < -0.39 is 10.2 Å². The molecule has 1 aliphatic carbocycles. The second-order valence-corrected chi connectivity index (χ2v) is 5.60. The minimum Gasteiger partial charge on any atom is -0.284 e. The van der Waals surface area contributed by atoms with E-state index in [1.807, 2.05) is 0 Å². The number of hydrogen-bond acceptors (Lipinski definition) is 3. The Kier molecular flexibility index (Phi) is 2.46. The molecule has 1 heterocycles. The molecule has 0 saturated heterocycles. The molecule has 0 radical (unpaired) electrons. The Hall–Kier alpha value is -1.04. The van der Waals surface area contributed by atoms with Crippen LogP contribution in [0, 0.1) is 5.41 Å². The lowest BCUT2D eigenvalue weighted by Crippen LogP contribution is -2.50. The minimum absolute atomic E-state index is 0.0284. The van der Waals surface area contributed by atoms with Crippen molar-refractivity contribution in [2.75, 3.05) is 0 Å². The Labute approximate surface area is 89.8 Å². The van der Waals surface area contributed by atoms with Crippen LogP contribution in [0.3, 0.4) is 0 Å². The van der Waals surface area contributed by atoms with Crippen LogP contribution in [-0.2, 0) is 10.2 Å². The largest absolute Gasteiger partial charge is 0.325 e. The molecule has 84 valence electrons. The van der Waals surface area contributed by atoms with Crippen LogP contribution in [0.5, 0.6) is 0 Å². The Morgan fingerprint density at radius 3 is 2.60 bits per heavy atom. The molecule has 0 atom stereocenters. The van der Waals surface area contributed by atoms with Gasteiger partial charge in [0.1, 0.15) is 5.84 Å². The molecule has 1 aliphatic heterocycles. The van der Waals surface area contributed by atoms with Gasteiger partial charge >= 0.3 is 10.2 Å². The van der Waals surface area contributed by atoms with E-state index in [1.54, 1.807) is 13.0 Å². The maximum Gasteiger partial charge on any atom is 0.325 e. The van der Waals surface area contributed by atoms with Gasteiger partial charge in [0.25, 0.3) is 0 Å². The number of allylic oxidation sites excluding steroid dienone is 1. The van der Waals surface area contributed by atoms with Crippen LogP contribution < -0.4 is 4.72 Å². The Morgan fingerprint density at radius 2 is 2.07 bits per heavy atom. The molecular formula is C9H15N3O2S. The van der Waals surface area contributed by atoms with Crippen LogP contribution in [0.15, 0.2) is 11.8 Å². The second kappa shape index (κ2) is 3.52. The summed E-state index contributed by atoms with van der Waals surface area (Å²) in [5, 5.41) is 7.73. The third-order valence-corrected chi connectivity index (χ3v) is 4.39. The lowest BCUT2D eigenvalue weighted by atomic mass is 10.2. The maximum atomic E-state index is 11.8. The first-order valence-electron chi connectivity index (χ1n) is 5.10. The molecule has 15 heavy (non-hydrogen) atoms. The van der Waals surface area contributed by atoms with Crippen molar-refractivity contribution < 1.29 is 8.42 Å². The molecule has 6 heteroatoms. The zero-order valence-electron chi connectivity index (χ0n) is 8.66. The van der Waals surface area contributed by atoms with E-state index in [0.29, 0.717) is 5.70 Å². The molecule has 1 saturated carbocycles. The topological polar surface area (TPSA) is 73.3 Å². The lowest BCUT2D eigenvalue weighted by molar-refractivity contribution is 0.423. The lowest BCUT2D eigenvalue weighted by Gasteiger charge is -2.32. The number of rotatable bonds is 1. The molecular weight excluding hydrogens is 214 g/mol. The SMILES string of the molecule is CC1=CC(=N)N(C2CCCC2)S(=O)(=O)N1. The molecule has 0 unspecified atom stereocenters. The average Bonchev–Trinajstić information content (AvgIpc) is 2.52. The van der Waals surface area contributed by atoms with Crippen LogP contribution in [-0.4, -0.2) is 24.6 Å². The third-order valence-electron chi connectivity index (χ3n) is 2.80. The predicted octanol–water partition coefficient (Wildman–Crippen LogP) is 0.960. The molecule has 0 aromatic rings. The first-order valence-corrected chi connectivity index (χ1v) is 6.54. The third kappa shape index (κ3) is 1.86. The normalized spacial score (nSPS) is 26.3. The standard InChI is InChI=1S/C9H15N3O2S/c1-7-6-9(10)12(15(13,14)11-7)8-4-2-3-5-8/h6,8,10-11H,2-5H2,1H3. The zero-order chi connectivity index (χ0) is 11.1. The maximum absolute atomic E-state index is 11.8. The number of amidine groups is 1. The van der Waals surface area contributed by atoms with E-state index in [1.165, 1.54) is 4.31 Å². The molecule has 0 spiro atoms. The van der Waals surface area contributed by atoms with Crippen molar-refractivity contribution in [3.8, 4) is 0 Å². The summed E-state index contributed by atoms with van der Waals surface area (Å²) in [5.74, 6) is 0.0816. The summed E-state index contributed by atoms with van der Waals surface area (Å²) in [6.07, 6.45) is 5.37. The van der Waals surface area contributed by atoms with Crippen LogP contribution in [0.1, 0.15) is 32.6 Å². The fraction of sp³-hybridized carbons (Fsp3) is 0.667. The van der Waals surface area contributed by atoms with Gasteiger partial charge in [0.05, 0.1) is 0 Å². The highest BCUT2D eigenvalue weighted by molar-refractivity contribution is 7.88. The smallest absolute Gasteiger partial charge is 0.284 e. The highest BCUT2D eigenvalue weighted by Crippen LogP contribution is 2.27. The summed E-state index contributed by atoms with van der Waals surface area (Å²) in [6, 6.07) is -0.0284. The summed E-state index contributed by atoms with van der Waals surface area (Å²) in [4.78, 5) is 0. The summed E-state index contributed by atoms with van der Waals surface area (Å²) in [5.41, 5.74) is 0.509. The van der Waals surface area contributed by atoms with Crippen molar-refractivity contribution in [2.45, 2.75) is 38.6 Å². The van der Waals surface area contributed by atoms with Crippen molar-refractivity contribution in [3.63, 3.8) is 0 Å². The van der Waals surface area contributed by atoms with E-state index in [-0.39, 0.29) is 11.9 Å². The molecule has 1 fully saturated rings. The summed E-state index contributed by atoms with van der Waals surface area (Å²) < 4.78 is 27.3. The number of nitrogens with zero attached hydrogens (tertiary/aromatic N) is 1. The number of nitrogens with one attached hydrogen (secondary N) is 2. The van der Waals surface area contributed by atoms with Gasteiger partial charge in [0.2, 0.25) is 0 Å². The van der Waals surface area contributed by atoms with Crippen molar-refractivity contribution >= 4 is 16.0 Å². The summed E-state index contributed by atoms with van der Waals surface area (Å²) in [6.45, 7) is 1.65. The highest BCUT2D eigenvalue weighted by Gasteiger charge is 2.35. The molecule has 0 amide bonds. The molecule has 2 aliphatic rings. The van der Waals surface area contributed by atoms with E-state index in [0.717, 1.165) is 25.7 Å². The van der Waals surface area contributed by atoms with Gasteiger partial charge in [-0.3, -0.25) is 10.1 Å². The molecule has 2 rings (SSSR count). The molecule has 0 aromatic heterocycles. The first-order chi connectivity index (χ1) is 7.00. The van der Waals surface area contributed by atoms with Crippen molar-refractivity contribution in [1.29, 1.82) is 5.41 Å². The van der Waals surface area contributed by atoms with E-state index in [2.05, 4.69) is 4.72 Å². The van der Waals surface area contributed by atoms with Crippen LogP contribution in [0.4, 0.5) is 0 Å². The first kappa shape index (κ1) is 10.5. The van der Waals surface area contributed by atoms with Gasteiger partial charge in [0.15, 0.2) is 0 Å². The van der Waals surface area contributed by atoms with Crippen molar-refractivity contribution in [1.82, 2.24) is 9.03 Å². The minimum atomic E-state index is -3.51.